The molecule has 0 saturated carbocycles. The largest absolute Gasteiger partial charge is 0.385 e. The van der Waals surface area contributed by atoms with Gasteiger partial charge in [-0.05, 0) is 37.6 Å². The van der Waals surface area contributed by atoms with E-state index in [9.17, 15) is 9.18 Å². The van der Waals surface area contributed by atoms with Crippen LogP contribution < -0.4 is 5.32 Å². The van der Waals surface area contributed by atoms with Gasteiger partial charge in [0.15, 0.2) is 0 Å². The molecule has 1 aromatic heterocycles. The third kappa shape index (κ3) is 4.09. The standard InChI is InChI=1S/C15H17FN2O2S/c1-10-13(14(19)17-8-3-9-20-2)21-15(18-10)11-4-6-12(16)7-5-11/h4-7H,3,8-9H2,1-2H3,(H,17,19). The van der Waals surface area contributed by atoms with Crippen LogP contribution in [0.4, 0.5) is 4.39 Å². The first-order chi connectivity index (χ1) is 10.1. The molecule has 0 spiro atoms. The number of nitrogens with zero attached hydrogens (tertiary/aromatic N) is 1. The highest BCUT2D eigenvalue weighted by atomic mass is 32.1. The molecule has 0 aliphatic heterocycles. The first kappa shape index (κ1) is 15.6. The number of nitrogens with one attached hydrogen (secondary N) is 1. The summed E-state index contributed by atoms with van der Waals surface area (Å²) in [6.07, 6.45) is 0.769. The number of carbonyl (C=O) groups excluding carboxylic acids is 1. The Morgan fingerprint density at radius 1 is 1.38 bits per heavy atom. The summed E-state index contributed by atoms with van der Waals surface area (Å²) in [5.74, 6) is -0.419. The summed E-state index contributed by atoms with van der Waals surface area (Å²) in [6.45, 7) is 2.98. The fourth-order valence-corrected chi connectivity index (χ4v) is 2.81. The normalized spacial score (nSPS) is 10.6. The van der Waals surface area contributed by atoms with Crippen molar-refractivity contribution in [1.82, 2.24) is 10.3 Å². The Kier molecular flexibility index (Phi) is 5.41. The van der Waals surface area contributed by atoms with E-state index in [-0.39, 0.29) is 11.7 Å². The van der Waals surface area contributed by atoms with Gasteiger partial charge in [0.05, 0.1) is 5.69 Å². The molecular formula is C15H17FN2O2S. The Morgan fingerprint density at radius 2 is 2.10 bits per heavy atom. The maximum absolute atomic E-state index is 12.9. The summed E-state index contributed by atoms with van der Waals surface area (Å²) >= 11 is 1.31. The highest BCUT2D eigenvalue weighted by molar-refractivity contribution is 7.17. The van der Waals surface area contributed by atoms with Crippen LogP contribution in [0.1, 0.15) is 21.8 Å². The third-order valence-corrected chi connectivity index (χ3v) is 4.11. The van der Waals surface area contributed by atoms with Crippen LogP contribution in [0.15, 0.2) is 24.3 Å². The van der Waals surface area contributed by atoms with Gasteiger partial charge in [-0.15, -0.1) is 11.3 Å². The molecule has 1 amide bonds. The Balaban J connectivity index is 2.08. The molecule has 0 bridgehead atoms. The van der Waals surface area contributed by atoms with E-state index in [1.165, 1.54) is 23.5 Å². The lowest BCUT2D eigenvalue weighted by molar-refractivity contribution is 0.0952. The molecule has 0 radical (unpaired) electrons. The fraction of sp³-hybridized carbons (Fsp3) is 0.333. The van der Waals surface area contributed by atoms with Crippen molar-refractivity contribution in [2.24, 2.45) is 0 Å². The lowest BCUT2D eigenvalue weighted by atomic mass is 10.2. The van der Waals surface area contributed by atoms with Crippen molar-refractivity contribution in [3.8, 4) is 10.6 Å². The number of ether oxygens (including phenoxy) is 1. The number of aryl methyl sites for hydroxylation is 1. The molecule has 6 heteroatoms. The van der Waals surface area contributed by atoms with Gasteiger partial charge in [0, 0.05) is 25.8 Å². The van der Waals surface area contributed by atoms with Crippen LogP contribution in [0.25, 0.3) is 10.6 Å². The zero-order valence-corrected chi connectivity index (χ0v) is 12.8. The highest BCUT2D eigenvalue weighted by Gasteiger charge is 2.15. The summed E-state index contributed by atoms with van der Waals surface area (Å²) in [4.78, 5) is 17.1. The number of carbonyl (C=O) groups is 1. The second-order valence-electron chi connectivity index (χ2n) is 4.54. The predicted molar refractivity (Wildman–Crippen MR) is 81.1 cm³/mol. The molecule has 2 rings (SSSR count). The third-order valence-electron chi connectivity index (χ3n) is 2.90. The van der Waals surface area contributed by atoms with E-state index in [2.05, 4.69) is 10.3 Å². The topological polar surface area (TPSA) is 51.2 Å². The molecule has 0 fully saturated rings. The minimum Gasteiger partial charge on any atom is -0.385 e. The van der Waals surface area contributed by atoms with Crippen molar-refractivity contribution in [3.05, 3.63) is 40.7 Å². The molecule has 0 atom stereocenters. The van der Waals surface area contributed by atoms with Crippen molar-refractivity contribution in [2.75, 3.05) is 20.3 Å². The lowest BCUT2D eigenvalue weighted by Gasteiger charge is -2.02. The molecule has 4 nitrogen and oxygen atoms in total. The molecule has 1 aromatic carbocycles. The molecule has 112 valence electrons. The van der Waals surface area contributed by atoms with Crippen LogP contribution in [-0.2, 0) is 4.74 Å². The Bertz CT molecular complexity index is 611. The van der Waals surface area contributed by atoms with E-state index >= 15 is 0 Å². The number of aromatic nitrogens is 1. The summed E-state index contributed by atoms with van der Waals surface area (Å²) < 4.78 is 17.9. The number of halogens is 1. The second-order valence-corrected chi connectivity index (χ2v) is 5.54. The molecule has 1 N–H and O–H groups in total. The van der Waals surface area contributed by atoms with Gasteiger partial charge in [-0.3, -0.25) is 4.79 Å². The maximum Gasteiger partial charge on any atom is 0.263 e. The van der Waals surface area contributed by atoms with E-state index in [1.807, 2.05) is 0 Å². The van der Waals surface area contributed by atoms with Gasteiger partial charge in [-0.25, -0.2) is 9.37 Å². The smallest absolute Gasteiger partial charge is 0.263 e. The van der Waals surface area contributed by atoms with Gasteiger partial charge in [0.25, 0.3) is 5.91 Å². The van der Waals surface area contributed by atoms with Crippen LogP contribution in [0.2, 0.25) is 0 Å². The molecule has 2 aromatic rings. The van der Waals surface area contributed by atoms with Gasteiger partial charge >= 0.3 is 0 Å². The van der Waals surface area contributed by atoms with Crippen LogP contribution in [-0.4, -0.2) is 31.2 Å². The quantitative estimate of drug-likeness (QED) is 0.835. The van der Waals surface area contributed by atoms with E-state index in [4.69, 9.17) is 4.74 Å². The number of benzene rings is 1. The summed E-state index contributed by atoms with van der Waals surface area (Å²) in [5.41, 5.74) is 1.49. The van der Waals surface area contributed by atoms with Crippen molar-refractivity contribution < 1.29 is 13.9 Å². The molecule has 0 unspecified atom stereocenters. The van der Waals surface area contributed by atoms with Crippen molar-refractivity contribution in [1.29, 1.82) is 0 Å². The molecule has 1 heterocycles. The number of amides is 1. The van der Waals surface area contributed by atoms with Gasteiger partial charge < -0.3 is 10.1 Å². The van der Waals surface area contributed by atoms with Gasteiger partial charge in [-0.2, -0.15) is 0 Å². The van der Waals surface area contributed by atoms with Crippen LogP contribution in [0.3, 0.4) is 0 Å². The van der Waals surface area contributed by atoms with Crippen molar-refractivity contribution in [2.45, 2.75) is 13.3 Å². The molecular weight excluding hydrogens is 291 g/mol. The summed E-state index contributed by atoms with van der Waals surface area (Å²) in [6, 6.07) is 6.09. The van der Waals surface area contributed by atoms with E-state index in [0.29, 0.717) is 23.7 Å². The second kappa shape index (κ2) is 7.28. The van der Waals surface area contributed by atoms with Crippen LogP contribution >= 0.6 is 11.3 Å². The lowest BCUT2D eigenvalue weighted by Crippen LogP contribution is -2.24. The SMILES string of the molecule is COCCCNC(=O)c1sc(-c2ccc(F)cc2)nc1C. The summed E-state index contributed by atoms with van der Waals surface area (Å²) in [5, 5.41) is 3.56. The Labute approximate surface area is 127 Å². The molecule has 0 aliphatic carbocycles. The van der Waals surface area contributed by atoms with Crippen LogP contribution in [0.5, 0.6) is 0 Å². The van der Waals surface area contributed by atoms with Gasteiger partial charge in [0.1, 0.15) is 15.7 Å². The van der Waals surface area contributed by atoms with Gasteiger partial charge in [0.2, 0.25) is 0 Å². The fourth-order valence-electron chi connectivity index (χ4n) is 1.82. The minimum absolute atomic E-state index is 0.130. The van der Waals surface area contributed by atoms with E-state index in [1.54, 1.807) is 26.2 Å². The Morgan fingerprint density at radius 3 is 2.76 bits per heavy atom. The number of thiazole rings is 1. The zero-order valence-electron chi connectivity index (χ0n) is 12.0. The molecule has 0 saturated heterocycles. The summed E-state index contributed by atoms with van der Waals surface area (Å²) in [7, 11) is 1.63. The number of hydrogen-bond acceptors (Lipinski definition) is 4. The van der Waals surface area contributed by atoms with Crippen molar-refractivity contribution >= 4 is 17.2 Å². The average Bonchev–Trinajstić information content (AvgIpc) is 2.86. The van der Waals surface area contributed by atoms with Gasteiger partial charge in [-0.1, -0.05) is 0 Å². The highest BCUT2D eigenvalue weighted by Crippen LogP contribution is 2.27. The number of hydrogen-bond donors (Lipinski definition) is 1. The zero-order chi connectivity index (χ0) is 15.2. The monoisotopic (exact) mass is 308 g/mol. The Hall–Kier alpha value is -1.79. The molecule has 21 heavy (non-hydrogen) atoms. The number of methoxy groups -OCH3 is 1. The van der Waals surface area contributed by atoms with Crippen molar-refractivity contribution in [3.63, 3.8) is 0 Å². The van der Waals surface area contributed by atoms with E-state index in [0.717, 1.165) is 17.0 Å². The molecule has 0 aliphatic rings. The number of rotatable bonds is 6. The maximum atomic E-state index is 12.9. The average molecular weight is 308 g/mol. The predicted octanol–water partition coefficient (Wildman–Crippen LogP) is 3.02. The van der Waals surface area contributed by atoms with E-state index < -0.39 is 0 Å². The first-order valence-electron chi connectivity index (χ1n) is 6.62. The van der Waals surface area contributed by atoms with Crippen LogP contribution in [0, 0.1) is 12.7 Å². The minimum atomic E-state index is -0.289. The first-order valence-corrected chi connectivity index (χ1v) is 7.44.